The fraction of sp³-hybridized carbons (Fsp3) is 0.458. The van der Waals surface area contributed by atoms with Crippen LogP contribution in [0.15, 0.2) is 42.5 Å². The van der Waals surface area contributed by atoms with Crippen LogP contribution in [0.25, 0.3) is 0 Å². The molecule has 0 bridgehead atoms. The standard InChI is InChI=1S/C24H30ClNO3/c1-5-21(28-17-12-13-19(25)16(4)14-17)23(27)26-20-15-24(6-2,7-3)29-22-11-9-8-10-18(20)22/h8-14,20-21H,5-7,15H2,1-4H3,(H,26,27)/t20-,21-/m1/s1. The minimum atomic E-state index is -0.566. The Bertz CT molecular complexity index is 863. The third kappa shape index (κ3) is 4.69. The first-order valence-electron chi connectivity index (χ1n) is 10.4. The fourth-order valence-electron chi connectivity index (χ4n) is 3.87. The van der Waals surface area contributed by atoms with Gasteiger partial charge in [0, 0.05) is 17.0 Å². The van der Waals surface area contributed by atoms with Gasteiger partial charge in [-0.2, -0.15) is 0 Å². The van der Waals surface area contributed by atoms with Crippen molar-refractivity contribution in [1.82, 2.24) is 5.32 Å². The lowest BCUT2D eigenvalue weighted by atomic mass is 9.83. The first-order chi connectivity index (χ1) is 13.9. The summed E-state index contributed by atoms with van der Waals surface area (Å²) in [6.07, 6.45) is 2.54. The van der Waals surface area contributed by atoms with Crippen molar-refractivity contribution in [2.45, 2.75) is 71.1 Å². The first kappa shape index (κ1) is 21.5. The molecule has 0 unspecified atom stereocenters. The summed E-state index contributed by atoms with van der Waals surface area (Å²) in [5, 5.41) is 3.91. The molecule has 0 fully saturated rings. The van der Waals surface area contributed by atoms with Gasteiger partial charge >= 0.3 is 0 Å². The number of benzene rings is 2. The van der Waals surface area contributed by atoms with Crippen molar-refractivity contribution in [2.75, 3.05) is 0 Å². The van der Waals surface area contributed by atoms with E-state index in [1.807, 2.05) is 44.2 Å². The molecule has 3 rings (SSSR count). The van der Waals surface area contributed by atoms with Gasteiger partial charge in [-0.25, -0.2) is 0 Å². The van der Waals surface area contributed by atoms with E-state index in [-0.39, 0.29) is 17.6 Å². The highest BCUT2D eigenvalue weighted by Gasteiger charge is 2.39. The van der Waals surface area contributed by atoms with Crippen molar-refractivity contribution in [1.29, 1.82) is 0 Å². The summed E-state index contributed by atoms with van der Waals surface area (Å²) >= 11 is 6.10. The van der Waals surface area contributed by atoms with Crippen molar-refractivity contribution in [3.05, 3.63) is 58.6 Å². The SMILES string of the molecule is CC[C@@H](Oc1ccc(Cl)c(C)c1)C(=O)N[C@@H]1CC(CC)(CC)Oc2ccccc21. The number of para-hydroxylation sites is 1. The molecule has 0 radical (unpaired) electrons. The molecule has 156 valence electrons. The highest BCUT2D eigenvalue weighted by atomic mass is 35.5. The Kier molecular flexibility index (Phi) is 6.74. The summed E-state index contributed by atoms with van der Waals surface area (Å²) in [4.78, 5) is 13.1. The highest BCUT2D eigenvalue weighted by Crippen LogP contribution is 2.42. The molecular formula is C24H30ClNO3. The van der Waals surface area contributed by atoms with Crippen LogP contribution in [0, 0.1) is 6.92 Å². The van der Waals surface area contributed by atoms with E-state index in [1.54, 1.807) is 12.1 Å². The molecule has 4 nitrogen and oxygen atoms in total. The van der Waals surface area contributed by atoms with Gasteiger partial charge in [-0.3, -0.25) is 4.79 Å². The predicted molar refractivity (Wildman–Crippen MR) is 117 cm³/mol. The van der Waals surface area contributed by atoms with Gasteiger partial charge in [0.05, 0.1) is 6.04 Å². The smallest absolute Gasteiger partial charge is 0.261 e. The third-order valence-electron chi connectivity index (χ3n) is 5.87. The quantitative estimate of drug-likeness (QED) is 0.602. The molecule has 2 aromatic carbocycles. The van der Waals surface area contributed by atoms with E-state index in [4.69, 9.17) is 21.1 Å². The fourth-order valence-corrected chi connectivity index (χ4v) is 3.99. The number of fused-ring (bicyclic) bond motifs is 1. The van der Waals surface area contributed by atoms with Crippen LogP contribution < -0.4 is 14.8 Å². The van der Waals surface area contributed by atoms with E-state index in [9.17, 15) is 4.79 Å². The van der Waals surface area contributed by atoms with Crippen molar-refractivity contribution < 1.29 is 14.3 Å². The largest absolute Gasteiger partial charge is 0.487 e. The van der Waals surface area contributed by atoms with Gasteiger partial charge in [0.1, 0.15) is 17.1 Å². The summed E-state index contributed by atoms with van der Waals surface area (Å²) in [7, 11) is 0. The molecule has 1 amide bonds. The van der Waals surface area contributed by atoms with Gasteiger partial charge in [-0.1, -0.05) is 50.6 Å². The van der Waals surface area contributed by atoms with Gasteiger partial charge in [-0.05, 0) is 56.0 Å². The zero-order valence-electron chi connectivity index (χ0n) is 17.6. The van der Waals surface area contributed by atoms with Crippen molar-refractivity contribution in [3.63, 3.8) is 0 Å². The van der Waals surface area contributed by atoms with Crippen LogP contribution in [0.3, 0.4) is 0 Å². The summed E-state index contributed by atoms with van der Waals surface area (Å²) < 4.78 is 12.3. The van der Waals surface area contributed by atoms with Crippen LogP contribution in [0.1, 0.15) is 63.6 Å². The van der Waals surface area contributed by atoms with Crippen LogP contribution in [0.5, 0.6) is 11.5 Å². The molecule has 0 aromatic heterocycles. The summed E-state index contributed by atoms with van der Waals surface area (Å²) in [5.41, 5.74) is 1.69. The molecule has 29 heavy (non-hydrogen) atoms. The van der Waals surface area contributed by atoms with Crippen molar-refractivity contribution in [2.24, 2.45) is 0 Å². The lowest BCUT2D eigenvalue weighted by Gasteiger charge is -2.42. The number of hydrogen-bond acceptors (Lipinski definition) is 3. The van der Waals surface area contributed by atoms with Crippen molar-refractivity contribution >= 4 is 17.5 Å². The summed E-state index contributed by atoms with van der Waals surface area (Å²) in [6.45, 7) is 8.14. The van der Waals surface area contributed by atoms with Crippen molar-refractivity contribution in [3.8, 4) is 11.5 Å². The van der Waals surface area contributed by atoms with E-state index in [0.717, 1.165) is 36.1 Å². The van der Waals surface area contributed by atoms with Gasteiger partial charge in [-0.15, -0.1) is 0 Å². The second-order valence-corrected chi connectivity index (χ2v) is 8.13. The maximum atomic E-state index is 13.1. The van der Waals surface area contributed by atoms with E-state index in [2.05, 4.69) is 19.2 Å². The number of carbonyl (C=O) groups excluding carboxylic acids is 1. The maximum Gasteiger partial charge on any atom is 0.261 e. The predicted octanol–water partition coefficient (Wildman–Crippen LogP) is 6.00. The number of rotatable bonds is 7. The average molecular weight is 416 g/mol. The second-order valence-electron chi connectivity index (χ2n) is 7.72. The molecule has 0 spiro atoms. The zero-order valence-corrected chi connectivity index (χ0v) is 18.4. The number of hydrogen-bond donors (Lipinski definition) is 1. The van der Waals surface area contributed by atoms with Crippen LogP contribution in [0.4, 0.5) is 0 Å². The molecule has 2 atom stereocenters. The molecule has 2 aromatic rings. The Balaban J connectivity index is 1.79. The first-order valence-corrected chi connectivity index (χ1v) is 10.8. The molecular weight excluding hydrogens is 386 g/mol. The number of amides is 1. The molecule has 0 saturated heterocycles. The topological polar surface area (TPSA) is 47.6 Å². The van der Waals surface area contributed by atoms with Gasteiger partial charge < -0.3 is 14.8 Å². The number of halogens is 1. The van der Waals surface area contributed by atoms with Crippen LogP contribution in [-0.4, -0.2) is 17.6 Å². The van der Waals surface area contributed by atoms with E-state index in [1.165, 1.54) is 0 Å². The number of aryl methyl sites for hydroxylation is 1. The molecule has 0 aliphatic carbocycles. The Hall–Kier alpha value is -2.20. The van der Waals surface area contributed by atoms with Crippen LogP contribution in [-0.2, 0) is 4.79 Å². The molecule has 1 aliphatic rings. The normalized spacial score (nSPS) is 18.3. The lowest BCUT2D eigenvalue weighted by Crippen LogP contribution is -2.47. The molecule has 1 N–H and O–H groups in total. The Labute approximate surface area is 178 Å². The van der Waals surface area contributed by atoms with Crippen LogP contribution >= 0.6 is 11.6 Å². The van der Waals surface area contributed by atoms with E-state index in [0.29, 0.717) is 17.2 Å². The Morgan fingerprint density at radius 1 is 1.24 bits per heavy atom. The van der Waals surface area contributed by atoms with Gasteiger partial charge in [0.25, 0.3) is 5.91 Å². The summed E-state index contributed by atoms with van der Waals surface area (Å²) in [5.74, 6) is 1.40. The monoisotopic (exact) mass is 415 g/mol. The Morgan fingerprint density at radius 2 is 1.97 bits per heavy atom. The average Bonchev–Trinajstić information content (AvgIpc) is 2.74. The van der Waals surface area contributed by atoms with E-state index >= 15 is 0 Å². The third-order valence-corrected chi connectivity index (χ3v) is 6.30. The minimum absolute atomic E-state index is 0.100. The molecule has 1 aliphatic heterocycles. The number of ether oxygens (including phenoxy) is 2. The molecule has 5 heteroatoms. The zero-order chi connectivity index (χ0) is 21.0. The number of nitrogens with one attached hydrogen (secondary N) is 1. The Morgan fingerprint density at radius 3 is 2.62 bits per heavy atom. The lowest BCUT2D eigenvalue weighted by molar-refractivity contribution is -0.129. The molecule has 1 heterocycles. The van der Waals surface area contributed by atoms with Gasteiger partial charge in [0.2, 0.25) is 0 Å². The van der Waals surface area contributed by atoms with Crippen LogP contribution in [0.2, 0.25) is 5.02 Å². The number of carbonyl (C=O) groups is 1. The molecule has 0 saturated carbocycles. The minimum Gasteiger partial charge on any atom is -0.487 e. The summed E-state index contributed by atoms with van der Waals surface area (Å²) in [6, 6.07) is 13.3. The second kappa shape index (κ2) is 9.08. The maximum absolute atomic E-state index is 13.1. The van der Waals surface area contributed by atoms with Gasteiger partial charge in [0.15, 0.2) is 6.10 Å². The highest BCUT2D eigenvalue weighted by molar-refractivity contribution is 6.31. The van der Waals surface area contributed by atoms with E-state index < -0.39 is 6.10 Å².